The first-order valence-electron chi connectivity index (χ1n) is 6.34. The van der Waals surface area contributed by atoms with Gasteiger partial charge in [-0.2, -0.15) is 11.8 Å². The summed E-state index contributed by atoms with van der Waals surface area (Å²) in [4.78, 5) is 11.7. The van der Waals surface area contributed by atoms with Crippen LogP contribution < -0.4 is 10.6 Å². The fourth-order valence-corrected chi connectivity index (χ4v) is 2.06. The van der Waals surface area contributed by atoms with Gasteiger partial charge in [-0.15, -0.1) is 0 Å². The van der Waals surface area contributed by atoms with Crippen molar-refractivity contribution in [1.29, 1.82) is 0 Å². The highest BCUT2D eigenvalue weighted by atomic mass is 32.2. The maximum absolute atomic E-state index is 11.7. The molecule has 0 spiro atoms. The first-order valence-corrected chi connectivity index (χ1v) is 7.74. The van der Waals surface area contributed by atoms with Crippen LogP contribution in [0.3, 0.4) is 0 Å². The minimum atomic E-state index is 0.102. The van der Waals surface area contributed by atoms with Gasteiger partial charge in [0.1, 0.15) is 0 Å². The van der Waals surface area contributed by atoms with Crippen LogP contribution in [0.15, 0.2) is 24.3 Å². The molecule has 0 aliphatic carbocycles. The van der Waals surface area contributed by atoms with Gasteiger partial charge < -0.3 is 10.6 Å². The number of nitrogens with one attached hydrogen (secondary N) is 2. The second kappa shape index (κ2) is 9.00. The van der Waals surface area contributed by atoms with Crippen LogP contribution in [0.2, 0.25) is 0 Å². The second-order valence-corrected chi connectivity index (χ2v) is 5.11. The molecule has 1 aromatic rings. The van der Waals surface area contributed by atoms with Crippen LogP contribution in [-0.2, 0) is 11.3 Å². The molecule has 0 aliphatic rings. The third-order valence-electron chi connectivity index (χ3n) is 2.54. The van der Waals surface area contributed by atoms with Crippen molar-refractivity contribution in [2.24, 2.45) is 0 Å². The quantitative estimate of drug-likeness (QED) is 0.711. The summed E-state index contributed by atoms with van der Waals surface area (Å²) < 4.78 is 0. The van der Waals surface area contributed by atoms with E-state index >= 15 is 0 Å². The van der Waals surface area contributed by atoms with Crippen LogP contribution >= 0.6 is 11.8 Å². The number of thioether (sulfide) groups is 1. The topological polar surface area (TPSA) is 41.1 Å². The second-order valence-electron chi connectivity index (χ2n) is 4.13. The minimum Gasteiger partial charge on any atom is -0.326 e. The summed E-state index contributed by atoms with van der Waals surface area (Å²) in [5.41, 5.74) is 2.08. The molecular weight excluding hydrogens is 244 g/mol. The van der Waals surface area contributed by atoms with Crippen molar-refractivity contribution in [1.82, 2.24) is 5.32 Å². The SMILES string of the molecule is CCNCc1cccc(NC(=O)CCCSC)c1. The largest absolute Gasteiger partial charge is 0.326 e. The van der Waals surface area contributed by atoms with E-state index in [9.17, 15) is 4.79 Å². The number of benzene rings is 1. The third kappa shape index (κ3) is 6.07. The van der Waals surface area contributed by atoms with Crippen LogP contribution in [0, 0.1) is 0 Å². The lowest BCUT2D eigenvalue weighted by Crippen LogP contribution is -2.13. The van der Waals surface area contributed by atoms with Gasteiger partial charge in [0.2, 0.25) is 5.91 Å². The summed E-state index contributed by atoms with van der Waals surface area (Å²) in [6.45, 7) is 3.87. The number of carbonyl (C=O) groups is 1. The van der Waals surface area contributed by atoms with Crippen LogP contribution in [0.25, 0.3) is 0 Å². The molecule has 0 saturated heterocycles. The van der Waals surface area contributed by atoms with Gasteiger partial charge >= 0.3 is 0 Å². The maximum atomic E-state index is 11.7. The van der Waals surface area contributed by atoms with Crippen molar-refractivity contribution < 1.29 is 4.79 Å². The number of amides is 1. The Bertz CT molecular complexity index is 369. The van der Waals surface area contributed by atoms with E-state index in [1.807, 2.05) is 18.2 Å². The number of rotatable bonds is 8. The number of hydrogen-bond acceptors (Lipinski definition) is 3. The first-order chi connectivity index (χ1) is 8.76. The summed E-state index contributed by atoms with van der Waals surface area (Å²) in [5.74, 6) is 1.14. The van der Waals surface area contributed by atoms with E-state index < -0.39 is 0 Å². The molecule has 0 heterocycles. The molecule has 1 aromatic carbocycles. The van der Waals surface area contributed by atoms with Gasteiger partial charge in [-0.3, -0.25) is 4.79 Å². The highest BCUT2D eigenvalue weighted by Crippen LogP contribution is 2.11. The Morgan fingerprint density at radius 2 is 2.22 bits per heavy atom. The molecule has 0 saturated carbocycles. The van der Waals surface area contributed by atoms with Gasteiger partial charge in [0.25, 0.3) is 0 Å². The Hall–Kier alpha value is -1.00. The normalized spacial score (nSPS) is 10.3. The van der Waals surface area contributed by atoms with Crippen LogP contribution in [0.5, 0.6) is 0 Å². The highest BCUT2D eigenvalue weighted by Gasteiger charge is 2.02. The number of hydrogen-bond donors (Lipinski definition) is 2. The van der Waals surface area contributed by atoms with E-state index in [0.29, 0.717) is 6.42 Å². The minimum absolute atomic E-state index is 0.102. The van der Waals surface area contributed by atoms with E-state index in [4.69, 9.17) is 0 Å². The molecule has 3 nitrogen and oxygen atoms in total. The Labute approximate surface area is 114 Å². The van der Waals surface area contributed by atoms with Gasteiger partial charge in [-0.05, 0) is 42.7 Å². The molecule has 0 atom stereocenters. The molecule has 4 heteroatoms. The Kier molecular flexibility index (Phi) is 7.53. The molecule has 0 radical (unpaired) electrons. The lowest BCUT2D eigenvalue weighted by atomic mass is 10.2. The molecule has 0 aliphatic heterocycles. The van der Waals surface area contributed by atoms with Crippen molar-refractivity contribution in [2.75, 3.05) is 23.9 Å². The zero-order chi connectivity index (χ0) is 13.2. The predicted molar refractivity (Wildman–Crippen MR) is 80.1 cm³/mol. The lowest BCUT2D eigenvalue weighted by Gasteiger charge is -2.07. The standard InChI is InChI=1S/C14H22N2OS/c1-3-15-11-12-6-4-7-13(10-12)16-14(17)8-5-9-18-2/h4,6-7,10,15H,3,5,8-9,11H2,1-2H3,(H,16,17). The maximum Gasteiger partial charge on any atom is 0.224 e. The van der Waals surface area contributed by atoms with Crippen molar-refractivity contribution in [3.05, 3.63) is 29.8 Å². The van der Waals surface area contributed by atoms with Gasteiger partial charge in [0, 0.05) is 18.7 Å². The van der Waals surface area contributed by atoms with Gasteiger partial charge in [-0.25, -0.2) is 0 Å². The summed E-state index contributed by atoms with van der Waals surface area (Å²) in [7, 11) is 0. The average Bonchev–Trinajstić information content (AvgIpc) is 2.37. The molecule has 0 aromatic heterocycles. The predicted octanol–water partition coefficient (Wildman–Crippen LogP) is 2.88. The van der Waals surface area contributed by atoms with Crippen molar-refractivity contribution >= 4 is 23.4 Å². The van der Waals surface area contributed by atoms with Crippen LogP contribution in [-0.4, -0.2) is 24.5 Å². The lowest BCUT2D eigenvalue weighted by molar-refractivity contribution is -0.116. The fourth-order valence-electron chi connectivity index (χ4n) is 1.63. The zero-order valence-electron chi connectivity index (χ0n) is 11.2. The fraction of sp³-hybridized carbons (Fsp3) is 0.500. The van der Waals surface area contributed by atoms with E-state index in [0.717, 1.165) is 31.0 Å². The molecule has 1 rings (SSSR count). The molecule has 2 N–H and O–H groups in total. The van der Waals surface area contributed by atoms with Gasteiger partial charge in [0.05, 0.1) is 0 Å². The summed E-state index contributed by atoms with van der Waals surface area (Å²) >= 11 is 1.77. The Morgan fingerprint density at radius 1 is 1.39 bits per heavy atom. The highest BCUT2D eigenvalue weighted by molar-refractivity contribution is 7.98. The van der Waals surface area contributed by atoms with Gasteiger partial charge in [-0.1, -0.05) is 19.1 Å². The van der Waals surface area contributed by atoms with E-state index in [1.165, 1.54) is 5.56 Å². The molecular formula is C14H22N2OS. The van der Waals surface area contributed by atoms with Crippen LogP contribution in [0.1, 0.15) is 25.3 Å². The van der Waals surface area contributed by atoms with Crippen LogP contribution in [0.4, 0.5) is 5.69 Å². The number of carbonyl (C=O) groups excluding carboxylic acids is 1. The number of anilines is 1. The van der Waals surface area contributed by atoms with E-state index in [1.54, 1.807) is 11.8 Å². The Balaban J connectivity index is 2.43. The summed E-state index contributed by atoms with van der Waals surface area (Å²) in [6, 6.07) is 7.99. The Morgan fingerprint density at radius 3 is 2.94 bits per heavy atom. The molecule has 18 heavy (non-hydrogen) atoms. The first kappa shape index (κ1) is 15.1. The van der Waals surface area contributed by atoms with Crippen molar-refractivity contribution in [3.63, 3.8) is 0 Å². The van der Waals surface area contributed by atoms with Crippen molar-refractivity contribution in [2.45, 2.75) is 26.3 Å². The third-order valence-corrected chi connectivity index (χ3v) is 3.24. The molecule has 100 valence electrons. The smallest absolute Gasteiger partial charge is 0.224 e. The molecule has 0 fully saturated rings. The monoisotopic (exact) mass is 266 g/mol. The average molecular weight is 266 g/mol. The van der Waals surface area contributed by atoms with E-state index in [-0.39, 0.29) is 5.91 Å². The van der Waals surface area contributed by atoms with Gasteiger partial charge in [0.15, 0.2) is 0 Å². The molecule has 0 bridgehead atoms. The summed E-state index contributed by atoms with van der Waals surface area (Å²) in [5, 5.41) is 6.21. The summed E-state index contributed by atoms with van der Waals surface area (Å²) in [6.07, 6.45) is 3.59. The zero-order valence-corrected chi connectivity index (χ0v) is 12.0. The van der Waals surface area contributed by atoms with E-state index in [2.05, 4.69) is 29.9 Å². The van der Waals surface area contributed by atoms with Crippen molar-refractivity contribution in [3.8, 4) is 0 Å². The molecule has 0 unspecified atom stereocenters. The molecule has 1 amide bonds.